The molecule has 1 atom stereocenters. The molecule has 0 bridgehead atoms. The molecule has 0 unspecified atom stereocenters. The number of nitrogens with zero attached hydrogens (tertiary/aromatic N) is 1. The zero-order valence-corrected chi connectivity index (χ0v) is 12.4. The Hall–Kier alpha value is -1.04. The highest BCUT2D eigenvalue weighted by atomic mass is 35.5. The van der Waals surface area contributed by atoms with Crippen molar-refractivity contribution in [2.45, 2.75) is 18.9 Å². The highest BCUT2D eigenvalue weighted by Crippen LogP contribution is 2.29. The largest absolute Gasteiger partial charge is 0.497 e. The molecule has 1 saturated heterocycles. The normalized spacial score (nSPS) is 18.9. The van der Waals surface area contributed by atoms with Crippen LogP contribution in [0.5, 0.6) is 5.75 Å². The van der Waals surface area contributed by atoms with Gasteiger partial charge in [-0.3, -0.25) is 0 Å². The summed E-state index contributed by atoms with van der Waals surface area (Å²) in [7, 11) is 1.69. The molecule has 0 radical (unpaired) electrons. The number of anilines is 1. The van der Waals surface area contributed by atoms with E-state index in [1.165, 1.54) is 17.5 Å². The lowest BCUT2D eigenvalue weighted by Gasteiger charge is -2.23. The molecule has 1 fully saturated rings. The quantitative estimate of drug-likeness (QED) is 0.915. The Balaban J connectivity index is 0.00000133. The van der Waals surface area contributed by atoms with Crippen LogP contribution in [0.2, 0.25) is 0 Å². The van der Waals surface area contributed by atoms with E-state index < -0.39 is 0 Å². The van der Waals surface area contributed by atoms with Gasteiger partial charge >= 0.3 is 0 Å². The standard InChI is InChI=1S/C13H17N3OS.ClH/c1-17-10-4-5-11-12(7-10)18-13(16-11)15-9-3-2-6-14-8-9;/h4-5,7,9,14H,2-3,6,8H2,1H3,(H,15,16);1H/t9-;/m0./s1. The van der Waals surface area contributed by atoms with Crippen LogP contribution < -0.4 is 15.4 Å². The van der Waals surface area contributed by atoms with Crippen molar-refractivity contribution in [3.63, 3.8) is 0 Å². The molecule has 3 rings (SSSR count). The number of hydrogen-bond acceptors (Lipinski definition) is 5. The minimum atomic E-state index is 0. The average molecular weight is 300 g/mol. The maximum absolute atomic E-state index is 5.23. The minimum absolute atomic E-state index is 0. The van der Waals surface area contributed by atoms with Crippen molar-refractivity contribution in [2.24, 2.45) is 0 Å². The fourth-order valence-corrected chi connectivity index (χ4v) is 3.21. The minimum Gasteiger partial charge on any atom is -0.497 e. The van der Waals surface area contributed by atoms with E-state index >= 15 is 0 Å². The lowest BCUT2D eigenvalue weighted by molar-refractivity contribution is 0.415. The second-order valence-electron chi connectivity index (χ2n) is 4.54. The number of fused-ring (bicyclic) bond motifs is 1. The molecule has 2 heterocycles. The zero-order chi connectivity index (χ0) is 12.4. The third-order valence-electron chi connectivity index (χ3n) is 3.22. The van der Waals surface area contributed by atoms with E-state index in [-0.39, 0.29) is 12.4 Å². The SMILES string of the molecule is COc1ccc2nc(N[C@H]3CCCNC3)sc2c1.Cl. The smallest absolute Gasteiger partial charge is 0.184 e. The Labute approximate surface area is 123 Å². The summed E-state index contributed by atoms with van der Waals surface area (Å²) in [4.78, 5) is 4.61. The Kier molecular flexibility index (Phi) is 4.85. The van der Waals surface area contributed by atoms with Gasteiger partial charge in [0.05, 0.1) is 17.3 Å². The van der Waals surface area contributed by atoms with E-state index in [1.54, 1.807) is 18.4 Å². The lowest BCUT2D eigenvalue weighted by atomic mass is 10.1. The summed E-state index contributed by atoms with van der Waals surface area (Å²) in [5.41, 5.74) is 1.03. The first kappa shape index (κ1) is 14.4. The number of methoxy groups -OCH3 is 1. The Morgan fingerprint density at radius 1 is 1.47 bits per heavy atom. The molecule has 0 aliphatic carbocycles. The van der Waals surface area contributed by atoms with Crippen LogP contribution in [0, 0.1) is 0 Å². The monoisotopic (exact) mass is 299 g/mol. The topological polar surface area (TPSA) is 46.2 Å². The van der Waals surface area contributed by atoms with Crippen LogP contribution >= 0.6 is 23.7 Å². The molecule has 1 aromatic heterocycles. The van der Waals surface area contributed by atoms with Gasteiger partial charge < -0.3 is 15.4 Å². The highest BCUT2D eigenvalue weighted by molar-refractivity contribution is 7.22. The van der Waals surface area contributed by atoms with Gasteiger partial charge in [0.2, 0.25) is 0 Å². The highest BCUT2D eigenvalue weighted by Gasteiger charge is 2.14. The second-order valence-corrected chi connectivity index (χ2v) is 5.57. The first-order chi connectivity index (χ1) is 8.85. The van der Waals surface area contributed by atoms with Gasteiger partial charge in [0.25, 0.3) is 0 Å². The number of aromatic nitrogens is 1. The summed E-state index contributed by atoms with van der Waals surface area (Å²) in [6.07, 6.45) is 2.45. The molecular weight excluding hydrogens is 282 g/mol. The summed E-state index contributed by atoms with van der Waals surface area (Å²) in [5, 5.41) is 7.92. The number of benzene rings is 1. The van der Waals surface area contributed by atoms with Crippen molar-refractivity contribution >= 4 is 39.1 Å². The fraction of sp³-hybridized carbons (Fsp3) is 0.462. The van der Waals surface area contributed by atoms with Crippen LogP contribution in [0.15, 0.2) is 18.2 Å². The van der Waals surface area contributed by atoms with Gasteiger partial charge in [0.15, 0.2) is 5.13 Å². The number of halogens is 1. The van der Waals surface area contributed by atoms with Crippen molar-refractivity contribution < 1.29 is 4.74 Å². The van der Waals surface area contributed by atoms with E-state index in [0.717, 1.165) is 29.5 Å². The molecule has 0 saturated carbocycles. The van der Waals surface area contributed by atoms with Crippen LogP contribution in [-0.2, 0) is 0 Å². The van der Waals surface area contributed by atoms with E-state index in [4.69, 9.17) is 4.74 Å². The van der Waals surface area contributed by atoms with Gasteiger partial charge in [-0.25, -0.2) is 4.98 Å². The number of nitrogens with one attached hydrogen (secondary N) is 2. The first-order valence-electron chi connectivity index (χ1n) is 6.27. The number of piperidine rings is 1. The summed E-state index contributed by atoms with van der Waals surface area (Å²) in [5.74, 6) is 0.886. The second kappa shape index (κ2) is 6.41. The summed E-state index contributed by atoms with van der Waals surface area (Å²) in [6, 6.07) is 6.50. The van der Waals surface area contributed by atoms with Crippen molar-refractivity contribution in [3.05, 3.63) is 18.2 Å². The summed E-state index contributed by atoms with van der Waals surface area (Å²) < 4.78 is 6.40. The molecule has 0 amide bonds. The van der Waals surface area contributed by atoms with Crippen LogP contribution in [-0.4, -0.2) is 31.2 Å². The molecule has 1 aliphatic heterocycles. The van der Waals surface area contributed by atoms with Gasteiger partial charge in [-0.15, -0.1) is 12.4 Å². The fourth-order valence-electron chi connectivity index (χ4n) is 2.24. The molecule has 2 N–H and O–H groups in total. The number of thiazole rings is 1. The molecule has 1 aliphatic rings. The van der Waals surface area contributed by atoms with Crippen LogP contribution in [0.3, 0.4) is 0 Å². The average Bonchev–Trinajstić information content (AvgIpc) is 2.80. The van der Waals surface area contributed by atoms with E-state index in [0.29, 0.717) is 6.04 Å². The molecular formula is C13H18ClN3OS. The zero-order valence-electron chi connectivity index (χ0n) is 10.8. The van der Waals surface area contributed by atoms with E-state index in [2.05, 4.69) is 15.6 Å². The Morgan fingerprint density at radius 3 is 3.11 bits per heavy atom. The van der Waals surface area contributed by atoms with Gasteiger partial charge in [-0.2, -0.15) is 0 Å². The van der Waals surface area contributed by atoms with Crippen LogP contribution in [0.1, 0.15) is 12.8 Å². The van der Waals surface area contributed by atoms with Gasteiger partial charge in [0, 0.05) is 12.6 Å². The molecule has 6 heteroatoms. The van der Waals surface area contributed by atoms with Gasteiger partial charge in [0.1, 0.15) is 5.75 Å². The maximum Gasteiger partial charge on any atom is 0.184 e. The Bertz CT molecular complexity index is 540. The predicted molar refractivity (Wildman–Crippen MR) is 82.9 cm³/mol. The van der Waals surface area contributed by atoms with E-state index in [1.807, 2.05) is 18.2 Å². The van der Waals surface area contributed by atoms with Crippen molar-refractivity contribution in [1.29, 1.82) is 0 Å². The van der Waals surface area contributed by atoms with Gasteiger partial charge in [-0.05, 0) is 37.6 Å². The van der Waals surface area contributed by atoms with Crippen molar-refractivity contribution in [1.82, 2.24) is 10.3 Å². The molecule has 104 valence electrons. The molecule has 1 aromatic carbocycles. The molecule has 4 nitrogen and oxygen atoms in total. The van der Waals surface area contributed by atoms with Crippen LogP contribution in [0.25, 0.3) is 10.2 Å². The van der Waals surface area contributed by atoms with E-state index in [9.17, 15) is 0 Å². The molecule has 0 spiro atoms. The predicted octanol–water partition coefficient (Wildman–Crippen LogP) is 2.89. The number of ether oxygens (including phenoxy) is 1. The first-order valence-corrected chi connectivity index (χ1v) is 7.08. The summed E-state index contributed by atoms with van der Waals surface area (Å²) >= 11 is 1.69. The van der Waals surface area contributed by atoms with Crippen LogP contribution in [0.4, 0.5) is 5.13 Å². The van der Waals surface area contributed by atoms with Crippen molar-refractivity contribution in [2.75, 3.05) is 25.5 Å². The van der Waals surface area contributed by atoms with Gasteiger partial charge in [-0.1, -0.05) is 11.3 Å². The maximum atomic E-state index is 5.23. The Morgan fingerprint density at radius 2 is 2.37 bits per heavy atom. The molecule has 19 heavy (non-hydrogen) atoms. The lowest BCUT2D eigenvalue weighted by Crippen LogP contribution is -2.38. The third kappa shape index (κ3) is 3.29. The van der Waals surface area contributed by atoms with Crippen molar-refractivity contribution in [3.8, 4) is 5.75 Å². The third-order valence-corrected chi connectivity index (χ3v) is 4.17. The molecule has 2 aromatic rings. The summed E-state index contributed by atoms with van der Waals surface area (Å²) in [6.45, 7) is 2.16. The number of rotatable bonds is 3. The number of hydrogen-bond donors (Lipinski definition) is 2.